The molecule has 1 aromatic heterocycles. The average Bonchev–Trinajstić information content (AvgIpc) is 3.29. The first kappa shape index (κ1) is 22.1. The molecule has 0 atom stereocenters. The smallest absolute Gasteiger partial charge is 0.272 e. The lowest BCUT2D eigenvalue weighted by atomic mass is 9.98. The highest BCUT2D eigenvalue weighted by Crippen LogP contribution is 2.30. The van der Waals surface area contributed by atoms with Crippen molar-refractivity contribution in [1.29, 1.82) is 5.26 Å². The predicted octanol–water partition coefficient (Wildman–Crippen LogP) is 4.50. The van der Waals surface area contributed by atoms with Gasteiger partial charge in [0.2, 0.25) is 5.88 Å². The Hall–Kier alpha value is -4.12. The van der Waals surface area contributed by atoms with Crippen LogP contribution in [-0.4, -0.2) is 35.7 Å². The summed E-state index contributed by atoms with van der Waals surface area (Å²) in [6.45, 7) is 2.79. The summed E-state index contributed by atoms with van der Waals surface area (Å²) in [6.07, 6.45) is 1.68. The fraction of sp³-hybridized carbons (Fsp3) is 0.200. The van der Waals surface area contributed by atoms with Gasteiger partial charge < -0.3 is 9.64 Å². The Labute approximate surface area is 189 Å². The van der Waals surface area contributed by atoms with Crippen LogP contribution in [0.15, 0.2) is 47.5 Å². The van der Waals surface area contributed by atoms with Gasteiger partial charge in [0, 0.05) is 37.0 Å². The quantitative estimate of drug-likeness (QED) is 0.559. The Morgan fingerprint density at radius 2 is 1.94 bits per heavy atom. The Kier molecular flexibility index (Phi) is 6.13. The second-order valence-corrected chi connectivity index (χ2v) is 7.55. The van der Waals surface area contributed by atoms with Crippen molar-refractivity contribution in [2.24, 2.45) is 4.99 Å². The highest BCUT2D eigenvalue weighted by molar-refractivity contribution is 5.93. The standard InChI is InChI=1S/C25H20F2N4O2/c1-3-33-24-20(17-8-18(26)10-19(27)9-17)6-7-23(30-24)25(32)31(2)14-16-5-4-15(11-28)21-12-29-13-22(16)21/h4-10,12H,3,13-14H2,1-2H3. The first-order valence-corrected chi connectivity index (χ1v) is 10.3. The number of aromatic nitrogens is 1. The monoisotopic (exact) mass is 446 g/mol. The molecular formula is C25H20F2N4O2. The first-order chi connectivity index (χ1) is 15.9. The molecule has 0 fully saturated rings. The molecule has 1 aliphatic rings. The number of carbonyl (C=O) groups excluding carboxylic acids is 1. The summed E-state index contributed by atoms with van der Waals surface area (Å²) < 4.78 is 33.0. The van der Waals surface area contributed by atoms with Crippen LogP contribution in [0.1, 0.15) is 39.7 Å². The van der Waals surface area contributed by atoms with E-state index >= 15 is 0 Å². The van der Waals surface area contributed by atoms with Crippen LogP contribution in [0.25, 0.3) is 11.1 Å². The molecule has 1 amide bonds. The van der Waals surface area contributed by atoms with Gasteiger partial charge in [0.15, 0.2) is 0 Å². The topological polar surface area (TPSA) is 78.6 Å². The van der Waals surface area contributed by atoms with E-state index in [1.165, 1.54) is 23.1 Å². The molecule has 0 aliphatic carbocycles. The number of fused-ring (bicyclic) bond motifs is 1. The fourth-order valence-corrected chi connectivity index (χ4v) is 3.78. The summed E-state index contributed by atoms with van der Waals surface area (Å²) in [6, 6.07) is 11.9. The van der Waals surface area contributed by atoms with Gasteiger partial charge in [-0.3, -0.25) is 9.79 Å². The van der Waals surface area contributed by atoms with E-state index < -0.39 is 11.6 Å². The summed E-state index contributed by atoms with van der Waals surface area (Å²) in [5.74, 6) is -1.66. The number of nitriles is 1. The minimum atomic E-state index is -0.716. The Balaban J connectivity index is 1.61. The summed E-state index contributed by atoms with van der Waals surface area (Å²) in [7, 11) is 1.65. The van der Waals surface area contributed by atoms with Crippen molar-refractivity contribution in [2.75, 3.05) is 13.7 Å². The number of halogens is 2. The van der Waals surface area contributed by atoms with Gasteiger partial charge in [-0.15, -0.1) is 0 Å². The molecule has 166 valence electrons. The second kappa shape index (κ2) is 9.17. The van der Waals surface area contributed by atoms with Crippen molar-refractivity contribution in [1.82, 2.24) is 9.88 Å². The summed E-state index contributed by atoms with van der Waals surface area (Å²) in [4.78, 5) is 23.2. The molecule has 2 heterocycles. The third-order valence-corrected chi connectivity index (χ3v) is 5.33. The molecule has 4 rings (SSSR count). The maximum absolute atomic E-state index is 13.7. The Morgan fingerprint density at radius 3 is 2.64 bits per heavy atom. The number of amides is 1. The van der Waals surface area contributed by atoms with E-state index in [9.17, 15) is 18.8 Å². The lowest BCUT2D eigenvalue weighted by Gasteiger charge is -2.20. The van der Waals surface area contributed by atoms with Gasteiger partial charge in [0.05, 0.1) is 24.8 Å². The molecule has 0 saturated carbocycles. The van der Waals surface area contributed by atoms with Crippen LogP contribution in [0.5, 0.6) is 5.88 Å². The zero-order valence-electron chi connectivity index (χ0n) is 18.1. The Morgan fingerprint density at radius 1 is 1.18 bits per heavy atom. The van der Waals surface area contributed by atoms with Gasteiger partial charge in [-0.1, -0.05) is 6.07 Å². The molecule has 6 nitrogen and oxygen atoms in total. The molecule has 0 bridgehead atoms. The average molecular weight is 446 g/mol. The molecule has 0 radical (unpaired) electrons. The van der Waals surface area contributed by atoms with E-state index in [1.807, 2.05) is 6.07 Å². The summed E-state index contributed by atoms with van der Waals surface area (Å²) >= 11 is 0. The lowest BCUT2D eigenvalue weighted by Crippen LogP contribution is -2.27. The number of benzene rings is 2. The maximum atomic E-state index is 13.7. The number of ether oxygens (including phenoxy) is 1. The molecule has 33 heavy (non-hydrogen) atoms. The van der Waals surface area contributed by atoms with Gasteiger partial charge in [-0.05, 0) is 53.9 Å². The highest BCUT2D eigenvalue weighted by Gasteiger charge is 2.21. The van der Waals surface area contributed by atoms with Crippen LogP contribution in [0, 0.1) is 23.0 Å². The third-order valence-electron chi connectivity index (χ3n) is 5.33. The molecule has 3 aromatic rings. The van der Waals surface area contributed by atoms with Gasteiger partial charge >= 0.3 is 0 Å². The SMILES string of the molecule is CCOc1nc(C(=O)N(C)Cc2ccc(C#N)c3c2CN=C3)ccc1-c1cc(F)cc(F)c1. The third kappa shape index (κ3) is 4.44. The van der Waals surface area contributed by atoms with E-state index in [0.717, 1.165) is 22.8 Å². The van der Waals surface area contributed by atoms with E-state index in [1.54, 1.807) is 32.3 Å². The van der Waals surface area contributed by atoms with Crippen LogP contribution in [-0.2, 0) is 13.1 Å². The second-order valence-electron chi connectivity index (χ2n) is 7.55. The number of aliphatic imine (C=N–C) groups is 1. The van der Waals surface area contributed by atoms with Gasteiger partial charge in [-0.2, -0.15) is 5.26 Å². The normalized spacial score (nSPS) is 11.7. The molecule has 1 aliphatic heterocycles. The number of hydrogen-bond acceptors (Lipinski definition) is 5. The largest absolute Gasteiger partial charge is 0.478 e. The molecule has 0 unspecified atom stereocenters. The molecule has 0 spiro atoms. The summed E-state index contributed by atoms with van der Waals surface area (Å²) in [5, 5.41) is 9.28. The fourth-order valence-electron chi connectivity index (χ4n) is 3.78. The molecule has 0 saturated heterocycles. The molecule has 2 aromatic carbocycles. The minimum Gasteiger partial charge on any atom is -0.478 e. The predicted molar refractivity (Wildman–Crippen MR) is 119 cm³/mol. The lowest BCUT2D eigenvalue weighted by molar-refractivity contribution is 0.0778. The number of carbonyl (C=O) groups is 1. The Bertz CT molecular complexity index is 1290. The van der Waals surface area contributed by atoms with Gasteiger partial charge in [0.25, 0.3) is 5.91 Å². The summed E-state index contributed by atoms with van der Waals surface area (Å²) in [5.41, 5.74) is 3.97. The van der Waals surface area contributed by atoms with Crippen molar-refractivity contribution in [2.45, 2.75) is 20.0 Å². The van der Waals surface area contributed by atoms with Crippen LogP contribution in [0.4, 0.5) is 8.78 Å². The zero-order chi connectivity index (χ0) is 23.5. The number of rotatable bonds is 6. The number of nitrogens with zero attached hydrogens (tertiary/aromatic N) is 4. The number of hydrogen-bond donors (Lipinski definition) is 0. The van der Waals surface area contributed by atoms with Gasteiger partial charge in [0.1, 0.15) is 17.3 Å². The molecule has 0 N–H and O–H groups in total. The van der Waals surface area contributed by atoms with Crippen molar-refractivity contribution < 1.29 is 18.3 Å². The van der Waals surface area contributed by atoms with Crippen LogP contribution >= 0.6 is 0 Å². The van der Waals surface area contributed by atoms with Crippen LogP contribution in [0.3, 0.4) is 0 Å². The van der Waals surface area contributed by atoms with Crippen molar-refractivity contribution in [3.8, 4) is 23.1 Å². The molecular weight excluding hydrogens is 426 g/mol. The van der Waals surface area contributed by atoms with Crippen LogP contribution < -0.4 is 4.74 Å². The van der Waals surface area contributed by atoms with Crippen molar-refractivity contribution in [3.05, 3.63) is 82.0 Å². The van der Waals surface area contributed by atoms with Crippen molar-refractivity contribution in [3.63, 3.8) is 0 Å². The van der Waals surface area contributed by atoms with Crippen LogP contribution in [0.2, 0.25) is 0 Å². The van der Waals surface area contributed by atoms with E-state index in [-0.39, 0.29) is 29.7 Å². The zero-order valence-corrected chi connectivity index (χ0v) is 18.1. The highest BCUT2D eigenvalue weighted by atomic mass is 19.1. The van der Waals surface area contributed by atoms with Crippen molar-refractivity contribution >= 4 is 12.1 Å². The van der Waals surface area contributed by atoms with Gasteiger partial charge in [-0.25, -0.2) is 13.8 Å². The molecule has 8 heteroatoms. The maximum Gasteiger partial charge on any atom is 0.272 e. The van der Waals surface area contributed by atoms with E-state index in [4.69, 9.17) is 4.74 Å². The van der Waals surface area contributed by atoms with E-state index in [0.29, 0.717) is 24.2 Å². The number of pyridine rings is 1. The first-order valence-electron chi connectivity index (χ1n) is 10.3. The minimum absolute atomic E-state index is 0.120. The van der Waals surface area contributed by atoms with E-state index in [2.05, 4.69) is 16.0 Å².